The number of nitrogens with two attached hydrogens (primary N) is 1. The molecule has 1 fully saturated rings. The van der Waals surface area contributed by atoms with Gasteiger partial charge in [0.05, 0.1) is 22.9 Å². The zero-order valence-electron chi connectivity index (χ0n) is 11.0. The maximum Gasteiger partial charge on any atom is 0.271 e. The quantitative estimate of drug-likeness (QED) is 0.512. The molecule has 0 amide bonds. The molecule has 6 nitrogen and oxygen atoms in total. The minimum absolute atomic E-state index is 0.0340. The van der Waals surface area contributed by atoms with Crippen molar-refractivity contribution >= 4 is 17.1 Å². The Labute approximate surface area is 112 Å². The normalized spacial score (nSPS) is 19.4. The van der Waals surface area contributed by atoms with Gasteiger partial charge in [-0.05, 0) is 24.8 Å². The number of methoxy groups -OCH3 is 1. The molecule has 0 spiro atoms. The SMILES string of the molecule is COCC1CCCN(c2ccc([N+](=O)[O-])cc2N)C1. The molecule has 1 aromatic carbocycles. The number of ether oxygens (including phenoxy) is 1. The predicted octanol–water partition coefficient (Wildman–Crippen LogP) is 2.04. The lowest BCUT2D eigenvalue weighted by atomic mass is 9.98. The van der Waals surface area contributed by atoms with Gasteiger partial charge in [0.1, 0.15) is 0 Å². The Kier molecular flexibility index (Phi) is 4.21. The van der Waals surface area contributed by atoms with Gasteiger partial charge in [0, 0.05) is 32.3 Å². The molecule has 104 valence electrons. The highest BCUT2D eigenvalue weighted by Gasteiger charge is 2.22. The second kappa shape index (κ2) is 5.88. The minimum Gasteiger partial charge on any atom is -0.397 e. The van der Waals surface area contributed by atoms with Crippen molar-refractivity contribution in [2.24, 2.45) is 5.92 Å². The van der Waals surface area contributed by atoms with Crippen LogP contribution in [0.3, 0.4) is 0 Å². The van der Waals surface area contributed by atoms with Gasteiger partial charge in [0.15, 0.2) is 0 Å². The number of benzene rings is 1. The van der Waals surface area contributed by atoms with E-state index in [0.717, 1.165) is 38.2 Å². The highest BCUT2D eigenvalue weighted by atomic mass is 16.6. The number of nitro benzene ring substituents is 1. The van der Waals surface area contributed by atoms with Gasteiger partial charge in [0.25, 0.3) is 5.69 Å². The number of nitrogens with zero attached hydrogens (tertiary/aromatic N) is 2. The van der Waals surface area contributed by atoms with E-state index in [1.165, 1.54) is 12.1 Å². The molecule has 1 aliphatic rings. The van der Waals surface area contributed by atoms with Gasteiger partial charge < -0.3 is 15.4 Å². The summed E-state index contributed by atoms with van der Waals surface area (Å²) in [7, 11) is 1.71. The minimum atomic E-state index is -0.427. The maximum absolute atomic E-state index is 10.7. The molecule has 1 heterocycles. The molecule has 1 atom stereocenters. The number of nitrogen functional groups attached to an aromatic ring is 1. The van der Waals surface area contributed by atoms with E-state index in [0.29, 0.717) is 11.6 Å². The van der Waals surface area contributed by atoms with Crippen LogP contribution in [0, 0.1) is 16.0 Å². The standard InChI is InChI=1S/C13H19N3O3/c1-19-9-10-3-2-6-15(8-10)13-5-4-11(16(17)18)7-12(13)14/h4-5,7,10H,2-3,6,8-9,14H2,1H3. The highest BCUT2D eigenvalue weighted by Crippen LogP contribution is 2.30. The Morgan fingerprint density at radius 2 is 2.37 bits per heavy atom. The second-order valence-corrected chi connectivity index (χ2v) is 4.91. The Morgan fingerprint density at radius 3 is 3.00 bits per heavy atom. The fraction of sp³-hybridized carbons (Fsp3) is 0.538. The predicted molar refractivity (Wildman–Crippen MR) is 74.3 cm³/mol. The van der Waals surface area contributed by atoms with Crippen LogP contribution >= 0.6 is 0 Å². The van der Waals surface area contributed by atoms with Crippen molar-refractivity contribution in [3.8, 4) is 0 Å². The number of hydrogen-bond donors (Lipinski definition) is 1. The van der Waals surface area contributed by atoms with E-state index in [4.69, 9.17) is 10.5 Å². The van der Waals surface area contributed by atoms with Crippen LogP contribution in [-0.2, 0) is 4.74 Å². The lowest BCUT2D eigenvalue weighted by Gasteiger charge is -2.34. The monoisotopic (exact) mass is 265 g/mol. The highest BCUT2D eigenvalue weighted by molar-refractivity contribution is 5.70. The summed E-state index contributed by atoms with van der Waals surface area (Å²) >= 11 is 0. The Hall–Kier alpha value is -1.82. The third-order valence-electron chi connectivity index (χ3n) is 3.48. The van der Waals surface area contributed by atoms with Gasteiger partial charge in [-0.15, -0.1) is 0 Å². The molecule has 19 heavy (non-hydrogen) atoms. The van der Waals surface area contributed by atoms with E-state index in [1.54, 1.807) is 13.2 Å². The van der Waals surface area contributed by atoms with E-state index in [1.807, 2.05) is 0 Å². The van der Waals surface area contributed by atoms with E-state index >= 15 is 0 Å². The number of piperidine rings is 1. The summed E-state index contributed by atoms with van der Waals surface area (Å²) in [4.78, 5) is 12.5. The first-order valence-electron chi connectivity index (χ1n) is 6.39. The fourth-order valence-corrected chi connectivity index (χ4v) is 2.60. The van der Waals surface area contributed by atoms with Crippen LogP contribution in [0.2, 0.25) is 0 Å². The molecule has 1 aliphatic heterocycles. The van der Waals surface area contributed by atoms with E-state index in [2.05, 4.69) is 4.90 Å². The first kappa shape index (κ1) is 13.6. The van der Waals surface area contributed by atoms with Crippen LogP contribution in [0.1, 0.15) is 12.8 Å². The van der Waals surface area contributed by atoms with Crippen LogP contribution in [0.15, 0.2) is 18.2 Å². The fourth-order valence-electron chi connectivity index (χ4n) is 2.60. The van der Waals surface area contributed by atoms with Crippen molar-refractivity contribution in [1.29, 1.82) is 0 Å². The van der Waals surface area contributed by atoms with E-state index in [9.17, 15) is 10.1 Å². The van der Waals surface area contributed by atoms with Gasteiger partial charge in [-0.25, -0.2) is 0 Å². The van der Waals surface area contributed by atoms with Crippen LogP contribution in [0.5, 0.6) is 0 Å². The molecule has 0 aromatic heterocycles. The summed E-state index contributed by atoms with van der Waals surface area (Å²) in [5.41, 5.74) is 7.31. The summed E-state index contributed by atoms with van der Waals surface area (Å²) in [6.45, 7) is 2.56. The topological polar surface area (TPSA) is 81.6 Å². The number of hydrogen-bond acceptors (Lipinski definition) is 5. The summed E-state index contributed by atoms with van der Waals surface area (Å²) < 4.78 is 5.20. The van der Waals surface area contributed by atoms with Gasteiger partial charge in [0.2, 0.25) is 0 Å². The lowest BCUT2D eigenvalue weighted by molar-refractivity contribution is -0.384. The summed E-state index contributed by atoms with van der Waals surface area (Å²) in [6.07, 6.45) is 2.24. The van der Waals surface area contributed by atoms with Gasteiger partial charge in [-0.3, -0.25) is 10.1 Å². The Balaban J connectivity index is 2.15. The molecule has 2 N–H and O–H groups in total. The summed E-state index contributed by atoms with van der Waals surface area (Å²) in [5, 5.41) is 10.7. The van der Waals surface area contributed by atoms with Crippen LogP contribution in [0.4, 0.5) is 17.1 Å². The molecule has 0 bridgehead atoms. The molecule has 2 rings (SSSR count). The van der Waals surface area contributed by atoms with Crippen molar-refractivity contribution < 1.29 is 9.66 Å². The molecule has 1 aromatic rings. The molecule has 6 heteroatoms. The molecule has 0 radical (unpaired) electrons. The number of nitro groups is 1. The maximum atomic E-state index is 10.7. The van der Waals surface area contributed by atoms with Crippen LogP contribution in [-0.4, -0.2) is 31.7 Å². The molecule has 0 aliphatic carbocycles. The smallest absolute Gasteiger partial charge is 0.271 e. The van der Waals surface area contributed by atoms with Crippen molar-refractivity contribution in [2.45, 2.75) is 12.8 Å². The zero-order chi connectivity index (χ0) is 13.8. The molecule has 1 saturated heterocycles. The largest absolute Gasteiger partial charge is 0.397 e. The van der Waals surface area contributed by atoms with Crippen molar-refractivity contribution in [3.63, 3.8) is 0 Å². The first-order valence-corrected chi connectivity index (χ1v) is 6.39. The number of rotatable bonds is 4. The van der Waals surface area contributed by atoms with Crippen molar-refractivity contribution in [3.05, 3.63) is 28.3 Å². The Bertz CT molecular complexity index is 462. The van der Waals surface area contributed by atoms with Crippen LogP contribution < -0.4 is 10.6 Å². The average molecular weight is 265 g/mol. The van der Waals surface area contributed by atoms with Gasteiger partial charge in [-0.1, -0.05) is 0 Å². The van der Waals surface area contributed by atoms with E-state index < -0.39 is 4.92 Å². The average Bonchev–Trinajstić information content (AvgIpc) is 2.39. The molecular formula is C13H19N3O3. The molecule has 0 saturated carbocycles. The molecular weight excluding hydrogens is 246 g/mol. The zero-order valence-corrected chi connectivity index (χ0v) is 11.0. The number of non-ortho nitro benzene ring substituents is 1. The van der Waals surface area contributed by atoms with Crippen molar-refractivity contribution in [2.75, 3.05) is 37.4 Å². The van der Waals surface area contributed by atoms with Gasteiger partial charge >= 0.3 is 0 Å². The summed E-state index contributed by atoms with van der Waals surface area (Å²) in [6, 6.07) is 4.67. The van der Waals surface area contributed by atoms with Crippen molar-refractivity contribution in [1.82, 2.24) is 0 Å². The third-order valence-corrected chi connectivity index (χ3v) is 3.48. The third kappa shape index (κ3) is 3.14. The molecule has 1 unspecified atom stereocenters. The second-order valence-electron chi connectivity index (χ2n) is 4.91. The first-order chi connectivity index (χ1) is 9.11. The summed E-state index contributed by atoms with van der Waals surface area (Å²) in [5.74, 6) is 0.494. The Morgan fingerprint density at radius 1 is 1.58 bits per heavy atom. The van der Waals surface area contributed by atoms with Crippen LogP contribution in [0.25, 0.3) is 0 Å². The number of anilines is 2. The lowest BCUT2D eigenvalue weighted by Crippen LogP contribution is -2.37. The van der Waals surface area contributed by atoms with Gasteiger partial charge in [-0.2, -0.15) is 0 Å². The van der Waals surface area contributed by atoms with E-state index in [-0.39, 0.29) is 5.69 Å².